The third-order valence-electron chi connectivity index (χ3n) is 3.64. The van der Waals surface area contributed by atoms with Gasteiger partial charge in [-0.1, -0.05) is 42.5 Å². The van der Waals surface area contributed by atoms with Gasteiger partial charge in [0, 0.05) is 6.42 Å². The Hall–Kier alpha value is -2.10. The van der Waals surface area contributed by atoms with Crippen LogP contribution >= 0.6 is 0 Å². The van der Waals surface area contributed by atoms with E-state index in [2.05, 4.69) is 11.9 Å². The van der Waals surface area contributed by atoms with E-state index < -0.39 is 0 Å². The van der Waals surface area contributed by atoms with Crippen molar-refractivity contribution in [1.29, 1.82) is 0 Å². The van der Waals surface area contributed by atoms with Gasteiger partial charge >= 0.3 is 6.03 Å². The molecule has 0 unspecified atom stereocenters. The lowest BCUT2D eigenvalue weighted by Gasteiger charge is -2.25. The van der Waals surface area contributed by atoms with E-state index in [0.717, 1.165) is 11.1 Å². The number of likely N-dealkylation sites (tertiary alicyclic amines) is 1. The summed E-state index contributed by atoms with van der Waals surface area (Å²) in [5, 5.41) is 2.88. The molecule has 2 rings (SSSR count). The fourth-order valence-electron chi connectivity index (χ4n) is 2.48. The van der Waals surface area contributed by atoms with E-state index in [-0.39, 0.29) is 24.0 Å². The molecule has 1 saturated heterocycles. The van der Waals surface area contributed by atoms with Crippen molar-refractivity contribution in [2.75, 3.05) is 0 Å². The monoisotopic (exact) mass is 272 g/mol. The van der Waals surface area contributed by atoms with Crippen molar-refractivity contribution in [3.63, 3.8) is 0 Å². The minimum absolute atomic E-state index is 0.129. The quantitative estimate of drug-likeness (QED) is 0.860. The molecule has 1 aliphatic rings. The summed E-state index contributed by atoms with van der Waals surface area (Å²) < 4.78 is 0. The SMILES string of the molecule is C=C(C)[C@@H]1CCC(=O)N1C(=O)N[C@@H](C)c1ccccc1. The maximum atomic E-state index is 12.3. The Balaban J connectivity index is 2.07. The molecule has 4 nitrogen and oxygen atoms in total. The Kier molecular flexibility index (Phi) is 4.23. The molecular formula is C16H20N2O2. The fraction of sp³-hybridized carbons (Fsp3) is 0.375. The van der Waals surface area contributed by atoms with Gasteiger partial charge in [0.25, 0.3) is 0 Å². The van der Waals surface area contributed by atoms with Crippen molar-refractivity contribution in [2.24, 2.45) is 0 Å². The van der Waals surface area contributed by atoms with Crippen LogP contribution in [0, 0.1) is 0 Å². The second-order valence-corrected chi connectivity index (χ2v) is 5.25. The molecule has 0 saturated carbocycles. The Morgan fingerprint density at radius 3 is 2.65 bits per heavy atom. The second-order valence-electron chi connectivity index (χ2n) is 5.25. The number of nitrogens with zero attached hydrogens (tertiary/aromatic N) is 1. The molecule has 0 aromatic heterocycles. The van der Waals surface area contributed by atoms with Crippen LogP contribution in [0.5, 0.6) is 0 Å². The number of amides is 3. The molecule has 1 heterocycles. The maximum Gasteiger partial charge on any atom is 0.325 e. The van der Waals surface area contributed by atoms with E-state index in [0.29, 0.717) is 12.8 Å². The molecule has 20 heavy (non-hydrogen) atoms. The zero-order valence-corrected chi connectivity index (χ0v) is 11.9. The van der Waals surface area contributed by atoms with Gasteiger partial charge in [0.05, 0.1) is 12.1 Å². The average molecular weight is 272 g/mol. The van der Waals surface area contributed by atoms with Crippen LogP contribution in [-0.4, -0.2) is 22.9 Å². The number of rotatable bonds is 3. The first-order valence-corrected chi connectivity index (χ1v) is 6.83. The summed E-state index contributed by atoms with van der Waals surface area (Å²) >= 11 is 0. The fourth-order valence-corrected chi connectivity index (χ4v) is 2.48. The summed E-state index contributed by atoms with van der Waals surface area (Å²) in [6, 6.07) is 9.04. The molecular weight excluding hydrogens is 252 g/mol. The van der Waals surface area contributed by atoms with Crippen molar-refractivity contribution >= 4 is 11.9 Å². The summed E-state index contributed by atoms with van der Waals surface area (Å²) in [5.74, 6) is -0.129. The van der Waals surface area contributed by atoms with Crippen LogP contribution in [0.3, 0.4) is 0 Å². The molecule has 1 N–H and O–H groups in total. The van der Waals surface area contributed by atoms with Crippen molar-refractivity contribution in [3.8, 4) is 0 Å². The predicted molar refractivity (Wildman–Crippen MR) is 78.1 cm³/mol. The Morgan fingerprint density at radius 1 is 1.40 bits per heavy atom. The third-order valence-corrected chi connectivity index (χ3v) is 3.64. The molecule has 4 heteroatoms. The summed E-state index contributed by atoms with van der Waals surface area (Å²) in [6.45, 7) is 7.63. The number of carbonyl (C=O) groups is 2. The molecule has 0 spiro atoms. The van der Waals surface area contributed by atoms with Crippen LogP contribution in [0.2, 0.25) is 0 Å². The lowest BCUT2D eigenvalue weighted by atomic mass is 10.1. The topological polar surface area (TPSA) is 49.4 Å². The van der Waals surface area contributed by atoms with E-state index in [1.54, 1.807) is 0 Å². The maximum absolute atomic E-state index is 12.3. The van der Waals surface area contributed by atoms with E-state index >= 15 is 0 Å². The lowest BCUT2D eigenvalue weighted by Crippen LogP contribution is -2.46. The highest BCUT2D eigenvalue weighted by atomic mass is 16.2. The van der Waals surface area contributed by atoms with Gasteiger partial charge in [0.15, 0.2) is 0 Å². The Bertz CT molecular complexity index is 525. The molecule has 1 aromatic carbocycles. The molecule has 0 aliphatic carbocycles. The molecule has 3 amide bonds. The summed E-state index contributed by atoms with van der Waals surface area (Å²) in [7, 11) is 0. The first kappa shape index (κ1) is 14.3. The van der Waals surface area contributed by atoms with Crippen LogP contribution in [0.1, 0.15) is 38.3 Å². The van der Waals surface area contributed by atoms with Gasteiger partial charge in [0.2, 0.25) is 5.91 Å². The number of urea groups is 1. The smallest absolute Gasteiger partial charge is 0.325 e. The van der Waals surface area contributed by atoms with Crippen LogP contribution in [0.4, 0.5) is 4.79 Å². The molecule has 1 aliphatic heterocycles. The molecule has 0 radical (unpaired) electrons. The van der Waals surface area contributed by atoms with Crippen LogP contribution in [0.15, 0.2) is 42.5 Å². The number of hydrogen-bond donors (Lipinski definition) is 1. The van der Waals surface area contributed by atoms with E-state index in [9.17, 15) is 9.59 Å². The van der Waals surface area contributed by atoms with Crippen molar-refractivity contribution in [1.82, 2.24) is 10.2 Å². The Labute approximate surface area is 119 Å². The standard InChI is InChI=1S/C16H20N2O2/c1-11(2)14-9-10-15(19)18(14)16(20)17-12(3)13-7-5-4-6-8-13/h4-8,12,14H,1,9-10H2,2-3H3,(H,17,20)/t12-,14-/m0/s1. The summed E-state index contributed by atoms with van der Waals surface area (Å²) in [6.07, 6.45) is 1.08. The number of hydrogen-bond acceptors (Lipinski definition) is 2. The highest BCUT2D eigenvalue weighted by Gasteiger charge is 2.36. The van der Waals surface area contributed by atoms with Gasteiger partial charge < -0.3 is 5.32 Å². The predicted octanol–water partition coefficient (Wildman–Crippen LogP) is 3.02. The number of benzene rings is 1. The molecule has 106 valence electrons. The molecule has 2 atom stereocenters. The van der Waals surface area contributed by atoms with E-state index in [4.69, 9.17) is 0 Å². The van der Waals surface area contributed by atoms with Gasteiger partial charge in [-0.2, -0.15) is 0 Å². The highest BCUT2D eigenvalue weighted by Crippen LogP contribution is 2.24. The largest absolute Gasteiger partial charge is 0.331 e. The zero-order valence-electron chi connectivity index (χ0n) is 11.9. The van der Waals surface area contributed by atoms with E-state index in [1.807, 2.05) is 44.2 Å². The lowest BCUT2D eigenvalue weighted by molar-refractivity contribution is -0.125. The first-order valence-electron chi connectivity index (χ1n) is 6.83. The normalized spacial score (nSPS) is 19.8. The van der Waals surface area contributed by atoms with Crippen LogP contribution in [0.25, 0.3) is 0 Å². The van der Waals surface area contributed by atoms with E-state index in [1.165, 1.54) is 4.90 Å². The third kappa shape index (κ3) is 2.90. The number of nitrogens with one attached hydrogen (secondary N) is 1. The van der Waals surface area contributed by atoms with Gasteiger partial charge in [-0.3, -0.25) is 9.69 Å². The molecule has 0 bridgehead atoms. The Morgan fingerprint density at radius 2 is 2.05 bits per heavy atom. The van der Waals surface area contributed by atoms with Gasteiger partial charge in [-0.15, -0.1) is 0 Å². The minimum Gasteiger partial charge on any atom is -0.331 e. The summed E-state index contributed by atoms with van der Waals surface area (Å²) in [4.78, 5) is 25.5. The average Bonchev–Trinajstić information content (AvgIpc) is 2.81. The van der Waals surface area contributed by atoms with Gasteiger partial charge in [0.1, 0.15) is 0 Å². The number of imide groups is 1. The molecule has 1 fully saturated rings. The van der Waals surface area contributed by atoms with Gasteiger partial charge in [-0.05, 0) is 25.8 Å². The highest BCUT2D eigenvalue weighted by molar-refractivity contribution is 5.97. The van der Waals surface area contributed by atoms with Crippen molar-refractivity contribution < 1.29 is 9.59 Å². The summed E-state index contributed by atoms with van der Waals surface area (Å²) in [5.41, 5.74) is 1.86. The minimum atomic E-state index is -0.336. The van der Waals surface area contributed by atoms with Crippen LogP contribution < -0.4 is 5.32 Å². The zero-order chi connectivity index (χ0) is 14.7. The molecule has 1 aromatic rings. The number of carbonyl (C=O) groups excluding carboxylic acids is 2. The second kappa shape index (κ2) is 5.90. The van der Waals surface area contributed by atoms with Crippen LogP contribution in [-0.2, 0) is 4.79 Å². The van der Waals surface area contributed by atoms with Gasteiger partial charge in [-0.25, -0.2) is 4.79 Å². The van der Waals surface area contributed by atoms with Crippen molar-refractivity contribution in [2.45, 2.75) is 38.8 Å². The van der Waals surface area contributed by atoms with Crippen molar-refractivity contribution in [3.05, 3.63) is 48.0 Å². The first-order chi connectivity index (χ1) is 9.50.